The SMILES string of the molecule is CCc1ccc(C(=O)N2CCC3(CCC(CN4CCN(C(=O)OCc5ccccc5)CC4)CC3)CC2)cc1N1CCC(=O)NC1=O. The van der Waals surface area contributed by atoms with Crippen LogP contribution in [0.3, 0.4) is 0 Å². The highest BCUT2D eigenvalue weighted by Crippen LogP contribution is 2.46. The Morgan fingerprint density at radius 2 is 1.59 bits per heavy atom. The van der Waals surface area contributed by atoms with Crippen LogP contribution in [0.2, 0.25) is 0 Å². The van der Waals surface area contributed by atoms with Gasteiger partial charge in [0.1, 0.15) is 6.61 Å². The Bertz CT molecular complexity index is 1410. The number of urea groups is 1. The molecule has 0 bridgehead atoms. The van der Waals surface area contributed by atoms with Gasteiger partial charge < -0.3 is 14.5 Å². The number of carbonyl (C=O) groups is 4. The molecule has 10 nitrogen and oxygen atoms in total. The van der Waals surface area contributed by atoms with E-state index < -0.39 is 6.03 Å². The lowest BCUT2D eigenvalue weighted by molar-refractivity contribution is -0.120. The molecule has 4 fully saturated rings. The largest absolute Gasteiger partial charge is 0.445 e. The number of amides is 5. The first kappa shape index (κ1) is 32.0. The van der Waals surface area contributed by atoms with Crippen molar-refractivity contribution >= 4 is 29.6 Å². The van der Waals surface area contributed by atoms with Gasteiger partial charge in [-0.15, -0.1) is 0 Å². The second kappa shape index (κ2) is 14.2. The van der Waals surface area contributed by atoms with Crippen molar-refractivity contribution in [3.63, 3.8) is 0 Å². The highest BCUT2D eigenvalue weighted by atomic mass is 16.6. The molecule has 2 aromatic rings. The van der Waals surface area contributed by atoms with Gasteiger partial charge in [-0.1, -0.05) is 43.3 Å². The molecule has 3 heterocycles. The first-order valence-corrected chi connectivity index (χ1v) is 17.0. The van der Waals surface area contributed by atoms with Crippen LogP contribution in [0.5, 0.6) is 0 Å². The van der Waals surface area contributed by atoms with Crippen LogP contribution in [0.4, 0.5) is 15.3 Å². The predicted molar refractivity (Wildman–Crippen MR) is 175 cm³/mol. The maximum atomic E-state index is 13.6. The minimum absolute atomic E-state index is 0.0176. The van der Waals surface area contributed by atoms with Crippen molar-refractivity contribution in [2.24, 2.45) is 11.3 Å². The third-order valence-corrected chi connectivity index (χ3v) is 10.7. The smallest absolute Gasteiger partial charge is 0.410 e. The van der Waals surface area contributed by atoms with Gasteiger partial charge in [0.2, 0.25) is 5.91 Å². The molecule has 246 valence electrons. The molecule has 0 aromatic heterocycles. The number of carbonyl (C=O) groups excluding carboxylic acids is 4. The van der Waals surface area contributed by atoms with Crippen molar-refractivity contribution in [2.75, 3.05) is 57.3 Å². The maximum Gasteiger partial charge on any atom is 0.410 e. The number of aryl methyl sites for hydroxylation is 1. The number of hydrogen-bond acceptors (Lipinski definition) is 6. The molecule has 0 atom stereocenters. The van der Waals surface area contributed by atoms with Crippen molar-refractivity contribution in [1.29, 1.82) is 0 Å². The molecule has 1 spiro atoms. The topological polar surface area (TPSA) is 102 Å². The summed E-state index contributed by atoms with van der Waals surface area (Å²) in [6.07, 6.45) is 7.69. The molecule has 3 aliphatic heterocycles. The number of nitrogens with one attached hydrogen (secondary N) is 1. The number of piperidine rings is 1. The van der Waals surface area contributed by atoms with E-state index in [1.807, 2.05) is 65.3 Å². The quantitative estimate of drug-likeness (QED) is 0.460. The Kier molecular flexibility index (Phi) is 9.92. The summed E-state index contributed by atoms with van der Waals surface area (Å²) in [6, 6.07) is 15.0. The van der Waals surface area contributed by atoms with Crippen molar-refractivity contribution in [2.45, 2.75) is 64.9 Å². The summed E-state index contributed by atoms with van der Waals surface area (Å²) in [6.45, 7) is 8.47. The molecule has 0 radical (unpaired) electrons. The van der Waals surface area contributed by atoms with Crippen LogP contribution in [0.1, 0.15) is 73.4 Å². The summed E-state index contributed by atoms with van der Waals surface area (Å²) in [7, 11) is 0. The van der Waals surface area contributed by atoms with E-state index in [2.05, 4.69) is 10.2 Å². The standard InChI is InChI=1S/C36H47N5O5/c1-2-29-8-9-30(24-31(29)41-17-12-32(42)37-34(41)44)33(43)39-18-15-36(16-19-39)13-10-27(11-14-36)25-38-20-22-40(23-21-38)35(45)46-26-28-6-4-3-5-7-28/h3-9,24,27H,2,10-23,25-26H2,1H3,(H,37,42,44). The third-order valence-electron chi connectivity index (χ3n) is 10.7. The van der Waals surface area contributed by atoms with E-state index in [1.165, 1.54) is 25.7 Å². The zero-order chi connectivity index (χ0) is 32.1. The lowest BCUT2D eigenvalue weighted by atomic mass is 9.65. The number of hydrogen-bond donors (Lipinski definition) is 1. The summed E-state index contributed by atoms with van der Waals surface area (Å²) in [5.74, 6) is 0.434. The van der Waals surface area contributed by atoms with E-state index in [1.54, 1.807) is 4.90 Å². The Morgan fingerprint density at radius 1 is 0.870 bits per heavy atom. The summed E-state index contributed by atoms with van der Waals surface area (Å²) in [5, 5.41) is 2.40. The summed E-state index contributed by atoms with van der Waals surface area (Å²) >= 11 is 0. The van der Waals surface area contributed by atoms with Crippen molar-refractivity contribution in [3.8, 4) is 0 Å². The molecule has 4 aliphatic rings. The lowest BCUT2D eigenvalue weighted by Crippen LogP contribution is -2.50. The molecule has 1 aliphatic carbocycles. The average molecular weight is 630 g/mol. The molecule has 2 aromatic carbocycles. The van der Waals surface area contributed by atoms with Crippen LogP contribution >= 0.6 is 0 Å². The van der Waals surface area contributed by atoms with Gasteiger partial charge in [0, 0.05) is 70.0 Å². The number of piperazine rings is 1. The van der Waals surface area contributed by atoms with E-state index in [-0.39, 0.29) is 24.3 Å². The Balaban J connectivity index is 0.941. The Morgan fingerprint density at radius 3 is 2.26 bits per heavy atom. The molecule has 1 N–H and O–H groups in total. The van der Waals surface area contributed by atoms with Gasteiger partial charge in [0.25, 0.3) is 5.91 Å². The zero-order valence-corrected chi connectivity index (χ0v) is 27.0. The third kappa shape index (κ3) is 7.38. The summed E-state index contributed by atoms with van der Waals surface area (Å²) in [5.41, 5.74) is 3.63. The predicted octanol–water partition coefficient (Wildman–Crippen LogP) is 5.06. The fourth-order valence-electron chi connectivity index (χ4n) is 7.67. The monoisotopic (exact) mass is 629 g/mol. The molecule has 3 saturated heterocycles. The van der Waals surface area contributed by atoms with E-state index in [0.717, 1.165) is 68.8 Å². The summed E-state index contributed by atoms with van der Waals surface area (Å²) < 4.78 is 5.53. The number of nitrogens with zero attached hydrogens (tertiary/aromatic N) is 4. The zero-order valence-electron chi connectivity index (χ0n) is 27.0. The number of anilines is 1. The Hall–Kier alpha value is -3.92. The van der Waals surface area contributed by atoms with Gasteiger partial charge in [-0.3, -0.25) is 24.7 Å². The molecule has 10 heteroatoms. The average Bonchev–Trinajstić information content (AvgIpc) is 3.09. The van der Waals surface area contributed by atoms with Crippen molar-refractivity contribution in [1.82, 2.24) is 20.0 Å². The van der Waals surface area contributed by atoms with E-state index in [4.69, 9.17) is 4.74 Å². The molecule has 6 rings (SSSR count). The number of ether oxygens (including phenoxy) is 1. The minimum atomic E-state index is -0.424. The van der Waals surface area contributed by atoms with Gasteiger partial charge in [-0.05, 0) is 79.5 Å². The van der Waals surface area contributed by atoms with Crippen LogP contribution < -0.4 is 10.2 Å². The fourth-order valence-corrected chi connectivity index (χ4v) is 7.67. The highest BCUT2D eigenvalue weighted by Gasteiger charge is 2.40. The summed E-state index contributed by atoms with van der Waals surface area (Å²) in [4.78, 5) is 58.3. The van der Waals surface area contributed by atoms with Crippen molar-refractivity contribution < 1.29 is 23.9 Å². The lowest BCUT2D eigenvalue weighted by Gasteiger charge is -2.47. The second-order valence-electron chi connectivity index (χ2n) is 13.5. The van der Waals surface area contributed by atoms with E-state index in [0.29, 0.717) is 43.1 Å². The second-order valence-corrected chi connectivity index (χ2v) is 13.5. The number of benzene rings is 2. The molecular weight excluding hydrogens is 582 g/mol. The van der Waals surface area contributed by atoms with Crippen LogP contribution in [-0.2, 0) is 22.6 Å². The van der Waals surface area contributed by atoms with E-state index in [9.17, 15) is 19.2 Å². The number of imide groups is 1. The van der Waals surface area contributed by atoms with Crippen LogP contribution in [0.25, 0.3) is 0 Å². The first-order chi connectivity index (χ1) is 22.3. The number of rotatable bonds is 7. The fraction of sp³-hybridized carbons (Fsp3) is 0.556. The van der Waals surface area contributed by atoms with Gasteiger partial charge in [0.05, 0.1) is 0 Å². The van der Waals surface area contributed by atoms with Gasteiger partial charge >= 0.3 is 12.1 Å². The van der Waals surface area contributed by atoms with Crippen LogP contribution in [-0.4, -0.2) is 91.0 Å². The van der Waals surface area contributed by atoms with Gasteiger partial charge in [0.15, 0.2) is 0 Å². The normalized spacial score (nSPS) is 20.9. The first-order valence-electron chi connectivity index (χ1n) is 17.0. The molecule has 46 heavy (non-hydrogen) atoms. The highest BCUT2D eigenvalue weighted by molar-refractivity contribution is 6.06. The molecule has 1 saturated carbocycles. The van der Waals surface area contributed by atoms with Crippen molar-refractivity contribution in [3.05, 3.63) is 65.2 Å². The van der Waals surface area contributed by atoms with Gasteiger partial charge in [-0.2, -0.15) is 0 Å². The molecule has 5 amide bonds. The van der Waals surface area contributed by atoms with E-state index >= 15 is 0 Å². The Labute approximate surface area is 272 Å². The van der Waals surface area contributed by atoms with Crippen LogP contribution in [0, 0.1) is 11.3 Å². The number of likely N-dealkylation sites (tertiary alicyclic amines) is 1. The van der Waals surface area contributed by atoms with Crippen LogP contribution in [0.15, 0.2) is 48.5 Å². The van der Waals surface area contributed by atoms with Gasteiger partial charge in [-0.25, -0.2) is 9.59 Å². The molecular formula is C36H47N5O5. The molecule has 0 unspecified atom stereocenters. The minimum Gasteiger partial charge on any atom is -0.445 e. The maximum absolute atomic E-state index is 13.6.